The van der Waals surface area contributed by atoms with Gasteiger partial charge in [0.25, 0.3) is 0 Å². The number of carbonyl (C=O) groups excluding carboxylic acids is 1. The number of nitrogens with zero attached hydrogens (tertiary/aromatic N) is 1. The monoisotopic (exact) mass is 276 g/mol. The topological polar surface area (TPSA) is 78.9 Å². The number of carboxylic acid groups (broad SMARTS) is 1. The van der Waals surface area contributed by atoms with Crippen LogP contribution in [0.15, 0.2) is 36.4 Å². The van der Waals surface area contributed by atoms with Gasteiger partial charge in [-0.15, -0.1) is 0 Å². The number of anilines is 2. The van der Waals surface area contributed by atoms with Crippen LogP contribution in [-0.4, -0.2) is 43.3 Å². The fourth-order valence-electron chi connectivity index (χ4n) is 1.91. The second-order valence-electron chi connectivity index (χ2n) is 4.31. The van der Waals surface area contributed by atoms with Crippen LogP contribution in [0.3, 0.4) is 0 Å². The summed E-state index contributed by atoms with van der Waals surface area (Å²) in [6, 6.07) is 7.41. The van der Waals surface area contributed by atoms with Crippen LogP contribution in [0, 0.1) is 0 Å². The van der Waals surface area contributed by atoms with E-state index in [1.165, 1.54) is 0 Å². The van der Waals surface area contributed by atoms with Gasteiger partial charge in [-0.2, -0.15) is 0 Å². The first-order valence-electron chi connectivity index (χ1n) is 6.30. The van der Waals surface area contributed by atoms with E-state index < -0.39 is 11.9 Å². The number of benzene rings is 1. The normalized spacial score (nSPS) is 15.3. The molecule has 2 rings (SSSR count). The Labute approximate surface area is 116 Å². The molecule has 0 aliphatic carbocycles. The molecule has 0 bridgehead atoms. The molecule has 1 aromatic rings. The molecule has 1 heterocycles. The average Bonchev–Trinajstić information content (AvgIpc) is 2.47. The van der Waals surface area contributed by atoms with Gasteiger partial charge in [0.15, 0.2) is 0 Å². The molecule has 6 nitrogen and oxygen atoms in total. The van der Waals surface area contributed by atoms with Gasteiger partial charge in [-0.3, -0.25) is 4.79 Å². The lowest BCUT2D eigenvalue weighted by atomic mass is 10.2. The summed E-state index contributed by atoms with van der Waals surface area (Å²) >= 11 is 0. The maximum atomic E-state index is 11.4. The molecule has 1 aliphatic rings. The van der Waals surface area contributed by atoms with Gasteiger partial charge in [0.1, 0.15) is 0 Å². The smallest absolute Gasteiger partial charge is 0.328 e. The second kappa shape index (κ2) is 6.72. The van der Waals surface area contributed by atoms with Crippen LogP contribution in [0.2, 0.25) is 0 Å². The van der Waals surface area contributed by atoms with Gasteiger partial charge < -0.3 is 20.1 Å². The average molecular weight is 276 g/mol. The van der Waals surface area contributed by atoms with Crippen LogP contribution in [0.4, 0.5) is 11.4 Å². The van der Waals surface area contributed by atoms with Gasteiger partial charge in [0.05, 0.1) is 13.2 Å². The number of carbonyl (C=O) groups is 2. The van der Waals surface area contributed by atoms with Gasteiger partial charge in [-0.1, -0.05) is 0 Å². The standard InChI is InChI=1S/C14H16N2O4/c17-13(5-6-14(18)19)15-11-1-3-12(4-2-11)16-7-9-20-10-8-16/h1-6H,7-10H2,(H,15,17)(H,18,19). The van der Waals surface area contributed by atoms with Gasteiger partial charge in [0.2, 0.25) is 5.91 Å². The van der Waals surface area contributed by atoms with E-state index in [0.29, 0.717) is 5.69 Å². The van der Waals surface area contributed by atoms with Crippen molar-refractivity contribution >= 4 is 23.3 Å². The first-order chi connectivity index (χ1) is 9.65. The summed E-state index contributed by atoms with van der Waals surface area (Å²) in [6.07, 6.45) is 1.79. The van der Waals surface area contributed by atoms with Crippen LogP contribution < -0.4 is 10.2 Å². The molecule has 1 saturated heterocycles. The zero-order chi connectivity index (χ0) is 14.4. The van der Waals surface area contributed by atoms with Crippen LogP contribution >= 0.6 is 0 Å². The van der Waals surface area contributed by atoms with E-state index in [0.717, 1.165) is 44.1 Å². The Morgan fingerprint density at radius 3 is 2.40 bits per heavy atom. The maximum Gasteiger partial charge on any atom is 0.328 e. The highest BCUT2D eigenvalue weighted by Crippen LogP contribution is 2.18. The lowest BCUT2D eigenvalue weighted by molar-refractivity contribution is -0.131. The maximum absolute atomic E-state index is 11.4. The number of rotatable bonds is 4. The number of hydrogen-bond donors (Lipinski definition) is 2. The molecule has 20 heavy (non-hydrogen) atoms. The minimum Gasteiger partial charge on any atom is -0.478 e. The Balaban J connectivity index is 1.94. The summed E-state index contributed by atoms with van der Waals surface area (Å²) in [5, 5.41) is 11.0. The van der Waals surface area contributed by atoms with Gasteiger partial charge >= 0.3 is 5.97 Å². The van der Waals surface area contributed by atoms with E-state index >= 15 is 0 Å². The van der Waals surface area contributed by atoms with Crippen LogP contribution in [0.1, 0.15) is 0 Å². The highest BCUT2D eigenvalue weighted by Gasteiger charge is 2.10. The first-order valence-corrected chi connectivity index (χ1v) is 6.30. The van der Waals surface area contributed by atoms with Crippen LogP contribution in [-0.2, 0) is 14.3 Å². The van der Waals surface area contributed by atoms with Gasteiger partial charge in [-0.05, 0) is 24.3 Å². The van der Waals surface area contributed by atoms with Crippen molar-refractivity contribution in [2.75, 3.05) is 36.5 Å². The molecule has 0 radical (unpaired) electrons. The Morgan fingerprint density at radius 2 is 1.80 bits per heavy atom. The summed E-state index contributed by atoms with van der Waals surface area (Å²) in [7, 11) is 0. The number of carboxylic acids is 1. The molecule has 0 saturated carbocycles. The second-order valence-corrected chi connectivity index (χ2v) is 4.31. The van der Waals surface area contributed by atoms with Crippen molar-refractivity contribution < 1.29 is 19.4 Å². The first kappa shape index (κ1) is 14.1. The van der Waals surface area contributed by atoms with Crippen molar-refractivity contribution in [1.29, 1.82) is 0 Å². The molecule has 2 N–H and O–H groups in total. The molecule has 0 spiro atoms. The number of ether oxygens (including phenoxy) is 1. The molecular weight excluding hydrogens is 260 g/mol. The molecule has 1 aromatic carbocycles. The molecule has 6 heteroatoms. The number of hydrogen-bond acceptors (Lipinski definition) is 4. The fourth-order valence-corrected chi connectivity index (χ4v) is 1.91. The lowest BCUT2D eigenvalue weighted by Gasteiger charge is -2.28. The minimum atomic E-state index is -1.15. The molecule has 106 valence electrons. The van der Waals surface area contributed by atoms with Gasteiger partial charge in [-0.25, -0.2) is 4.79 Å². The predicted octanol–water partition coefficient (Wildman–Crippen LogP) is 1.10. The predicted molar refractivity (Wildman–Crippen MR) is 74.9 cm³/mol. The molecule has 0 aromatic heterocycles. The quantitative estimate of drug-likeness (QED) is 0.805. The highest BCUT2D eigenvalue weighted by molar-refractivity contribution is 6.02. The van der Waals surface area contributed by atoms with E-state index in [1.54, 1.807) is 12.1 Å². The number of amides is 1. The SMILES string of the molecule is O=C(O)C=CC(=O)Nc1ccc(N2CCOCC2)cc1. The van der Waals surface area contributed by atoms with E-state index in [9.17, 15) is 9.59 Å². The van der Waals surface area contributed by atoms with E-state index in [1.807, 2.05) is 12.1 Å². The fraction of sp³-hybridized carbons (Fsp3) is 0.286. The molecule has 0 unspecified atom stereocenters. The van der Waals surface area contributed by atoms with Crippen LogP contribution in [0.5, 0.6) is 0 Å². The number of aliphatic carboxylic acids is 1. The summed E-state index contributed by atoms with van der Waals surface area (Å²) in [6.45, 7) is 3.15. The Hall–Kier alpha value is -2.34. The largest absolute Gasteiger partial charge is 0.478 e. The lowest BCUT2D eigenvalue weighted by Crippen LogP contribution is -2.36. The van der Waals surface area contributed by atoms with Gasteiger partial charge in [0, 0.05) is 36.6 Å². The number of morpholine rings is 1. The van der Waals surface area contributed by atoms with E-state index in [-0.39, 0.29) is 0 Å². The molecule has 1 aliphatic heterocycles. The Morgan fingerprint density at radius 1 is 1.15 bits per heavy atom. The van der Waals surface area contributed by atoms with Crippen molar-refractivity contribution in [1.82, 2.24) is 0 Å². The van der Waals surface area contributed by atoms with Crippen molar-refractivity contribution in [2.24, 2.45) is 0 Å². The summed E-state index contributed by atoms with van der Waals surface area (Å²) in [5.74, 6) is -1.62. The molecular formula is C14H16N2O4. The highest BCUT2D eigenvalue weighted by atomic mass is 16.5. The minimum absolute atomic E-state index is 0.466. The summed E-state index contributed by atoms with van der Waals surface area (Å²) in [5.41, 5.74) is 1.70. The summed E-state index contributed by atoms with van der Waals surface area (Å²) < 4.78 is 5.29. The van der Waals surface area contributed by atoms with E-state index in [4.69, 9.17) is 9.84 Å². The molecule has 0 atom stereocenters. The van der Waals surface area contributed by atoms with Crippen molar-refractivity contribution in [3.8, 4) is 0 Å². The third kappa shape index (κ3) is 4.10. The van der Waals surface area contributed by atoms with Crippen LogP contribution in [0.25, 0.3) is 0 Å². The third-order valence-electron chi connectivity index (χ3n) is 2.89. The Bertz CT molecular complexity index is 504. The zero-order valence-electron chi connectivity index (χ0n) is 10.9. The third-order valence-corrected chi connectivity index (χ3v) is 2.89. The molecule has 1 fully saturated rings. The van der Waals surface area contributed by atoms with Crippen molar-refractivity contribution in [2.45, 2.75) is 0 Å². The van der Waals surface area contributed by atoms with E-state index in [2.05, 4.69) is 10.2 Å². The van der Waals surface area contributed by atoms with Crippen molar-refractivity contribution in [3.05, 3.63) is 36.4 Å². The zero-order valence-corrected chi connectivity index (χ0v) is 10.9. The molecule has 1 amide bonds. The van der Waals surface area contributed by atoms with Crippen molar-refractivity contribution in [3.63, 3.8) is 0 Å². The Kier molecular flexibility index (Phi) is 4.73. The summed E-state index contributed by atoms with van der Waals surface area (Å²) in [4.78, 5) is 23.9. The number of nitrogens with one attached hydrogen (secondary N) is 1.